The van der Waals surface area contributed by atoms with Crippen LogP contribution in [0.2, 0.25) is 0 Å². The summed E-state index contributed by atoms with van der Waals surface area (Å²) in [4.78, 5) is 23.6. The summed E-state index contributed by atoms with van der Waals surface area (Å²) in [6, 6.07) is 8.21. The van der Waals surface area contributed by atoms with Crippen LogP contribution in [0.25, 0.3) is 0 Å². The summed E-state index contributed by atoms with van der Waals surface area (Å²) in [7, 11) is 0. The standard InChI is InChI=1S/C15H15NO4/c1-3-19-15(18)11-7-6-10(2)12(9-11)16-14(17)13-5-4-8-20-13/h4-9H,3H2,1-2H3,(H,16,17). The number of carbonyl (C=O) groups is 2. The van der Waals surface area contributed by atoms with Gasteiger partial charge in [0.25, 0.3) is 5.91 Å². The highest BCUT2D eigenvalue weighted by atomic mass is 16.5. The summed E-state index contributed by atoms with van der Waals surface area (Å²) < 4.78 is 9.95. The first-order chi connectivity index (χ1) is 9.61. The highest BCUT2D eigenvalue weighted by Crippen LogP contribution is 2.18. The van der Waals surface area contributed by atoms with Gasteiger partial charge in [-0.3, -0.25) is 4.79 Å². The number of furan rings is 1. The molecule has 0 unspecified atom stereocenters. The van der Waals surface area contributed by atoms with E-state index >= 15 is 0 Å². The summed E-state index contributed by atoms with van der Waals surface area (Å²) in [5, 5.41) is 2.71. The highest BCUT2D eigenvalue weighted by Gasteiger charge is 2.13. The van der Waals surface area contributed by atoms with E-state index in [1.807, 2.05) is 6.92 Å². The van der Waals surface area contributed by atoms with Gasteiger partial charge in [-0.1, -0.05) is 6.07 Å². The molecular weight excluding hydrogens is 258 g/mol. The Bertz CT molecular complexity index is 617. The predicted octanol–water partition coefficient (Wildman–Crippen LogP) is 3.02. The Morgan fingerprint density at radius 1 is 1.30 bits per heavy atom. The minimum atomic E-state index is -0.416. The summed E-state index contributed by atoms with van der Waals surface area (Å²) in [6.07, 6.45) is 1.43. The van der Waals surface area contributed by atoms with Crippen LogP contribution in [0, 0.1) is 6.92 Å². The number of esters is 1. The van der Waals surface area contributed by atoms with Crippen molar-refractivity contribution in [2.75, 3.05) is 11.9 Å². The molecule has 104 valence electrons. The van der Waals surface area contributed by atoms with Crippen molar-refractivity contribution in [2.45, 2.75) is 13.8 Å². The van der Waals surface area contributed by atoms with Gasteiger partial charge in [0, 0.05) is 5.69 Å². The molecule has 0 radical (unpaired) electrons. The molecule has 2 aromatic rings. The second-order valence-electron chi connectivity index (χ2n) is 4.18. The lowest BCUT2D eigenvalue weighted by molar-refractivity contribution is 0.0526. The van der Waals surface area contributed by atoms with Crippen molar-refractivity contribution in [1.29, 1.82) is 0 Å². The Kier molecular flexibility index (Phi) is 4.20. The quantitative estimate of drug-likeness (QED) is 0.869. The minimum absolute atomic E-state index is 0.214. The van der Waals surface area contributed by atoms with Crippen molar-refractivity contribution in [3.05, 3.63) is 53.5 Å². The topological polar surface area (TPSA) is 68.5 Å². The van der Waals surface area contributed by atoms with Crippen LogP contribution in [0.3, 0.4) is 0 Å². The van der Waals surface area contributed by atoms with Crippen molar-refractivity contribution in [3.63, 3.8) is 0 Å². The molecule has 20 heavy (non-hydrogen) atoms. The molecule has 1 aromatic carbocycles. The number of hydrogen-bond acceptors (Lipinski definition) is 4. The minimum Gasteiger partial charge on any atom is -0.462 e. The van der Waals surface area contributed by atoms with E-state index in [-0.39, 0.29) is 11.7 Å². The zero-order valence-corrected chi connectivity index (χ0v) is 11.3. The number of nitrogens with one attached hydrogen (secondary N) is 1. The van der Waals surface area contributed by atoms with Gasteiger partial charge in [-0.05, 0) is 43.7 Å². The fraction of sp³-hybridized carbons (Fsp3) is 0.200. The van der Waals surface area contributed by atoms with Crippen LogP contribution in [-0.2, 0) is 4.74 Å². The van der Waals surface area contributed by atoms with Crippen LogP contribution in [0.5, 0.6) is 0 Å². The maximum atomic E-state index is 11.9. The van der Waals surface area contributed by atoms with Gasteiger partial charge in [0.15, 0.2) is 5.76 Å². The SMILES string of the molecule is CCOC(=O)c1ccc(C)c(NC(=O)c2ccco2)c1. The largest absolute Gasteiger partial charge is 0.462 e. The fourth-order valence-electron chi connectivity index (χ4n) is 1.69. The normalized spacial score (nSPS) is 10.1. The van der Waals surface area contributed by atoms with Crippen LogP contribution in [-0.4, -0.2) is 18.5 Å². The number of carbonyl (C=O) groups excluding carboxylic acids is 2. The average molecular weight is 273 g/mol. The van der Waals surface area contributed by atoms with E-state index in [1.54, 1.807) is 37.3 Å². The molecule has 0 aliphatic heterocycles. The van der Waals surface area contributed by atoms with Crippen molar-refractivity contribution >= 4 is 17.6 Å². The van der Waals surface area contributed by atoms with Crippen molar-refractivity contribution in [2.24, 2.45) is 0 Å². The highest BCUT2D eigenvalue weighted by molar-refractivity contribution is 6.03. The van der Waals surface area contributed by atoms with Gasteiger partial charge in [0.1, 0.15) is 0 Å². The molecule has 5 heteroatoms. The van der Waals surface area contributed by atoms with Gasteiger partial charge < -0.3 is 14.5 Å². The number of aryl methyl sites for hydroxylation is 1. The number of ether oxygens (including phenoxy) is 1. The summed E-state index contributed by atoms with van der Waals surface area (Å²) in [5.74, 6) is -0.564. The Morgan fingerprint density at radius 3 is 2.75 bits per heavy atom. The Hall–Kier alpha value is -2.56. The third-order valence-electron chi connectivity index (χ3n) is 2.74. The predicted molar refractivity (Wildman–Crippen MR) is 73.8 cm³/mol. The summed E-state index contributed by atoms with van der Waals surface area (Å²) in [6.45, 7) is 3.89. The van der Waals surface area contributed by atoms with E-state index in [0.29, 0.717) is 17.9 Å². The second kappa shape index (κ2) is 6.06. The lowest BCUT2D eigenvalue weighted by atomic mass is 10.1. The first kappa shape index (κ1) is 13.9. The number of hydrogen-bond donors (Lipinski definition) is 1. The number of benzene rings is 1. The molecule has 1 amide bonds. The monoisotopic (exact) mass is 273 g/mol. The summed E-state index contributed by atoms with van der Waals surface area (Å²) >= 11 is 0. The zero-order chi connectivity index (χ0) is 14.5. The van der Waals surface area contributed by atoms with Crippen molar-refractivity contribution in [3.8, 4) is 0 Å². The molecule has 0 atom stereocenters. The fourth-order valence-corrected chi connectivity index (χ4v) is 1.69. The molecule has 1 aromatic heterocycles. The number of amides is 1. The molecule has 5 nitrogen and oxygen atoms in total. The molecule has 0 spiro atoms. The van der Waals surface area contributed by atoms with Gasteiger partial charge >= 0.3 is 5.97 Å². The molecule has 0 bridgehead atoms. The van der Waals surface area contributed by atoms with E-state index in [2.05, 4.69) is 5.32 Å². The molecule has 0 saturated heterocycles. The average Bonchev–Trinajstić information content (AvgIpc) is 2.95. The zero-order valence-electron chi connectivity index (χ0n) is 11.3. The first-order valence-electron chi connectivity index (χ1n) is 6.24. The van der Waals surface area contributed by atoms with Crippen LogP contribution < -0.4 is 5.32 Å². The van der Waals surface area contributed by atoms with Crippen LogP contribution in [0.4, 0.5) is 5.69 Å². The molecule has 1 N–H and O–H groups in total. The summed E-state index contributed by atoms with van der Waals surface area (Å²) in [5.41, 5.74) is 1.79. The van der Waals surface area contributed by atoms with Crippen molar-refractivity contribution in [1.82, 2.24) is 0 Å². The van der Waals surface area contributed by atoms with E-state index in [9.17, 15) is 9.59 Å². The van der Waals surface area contributed by atoms with Crippen LogP contribution >= 0.6 is 0 Å². The smallest absolute Gasteiger partial charge is 0.338 e. The maximum absolute atomic E-state index is 11.9. The Balaban J connectivity index is 2.21. The molecular formula is C15H15NO4. The van der Waals surface area contributed by atoms with Crippen molar-refractivity contribution < 1.29 is 18.7 Å². The number of rotatable bonds is 4. The third kappa shape index (κ3) is 3.06. The second-order valence-corrected chi connectivity index (χ2v) is 4.18. The van der Waals surface area contributed by atoms with E-state index in [1.165, 1.54) is 6.26 Å². The van der Waals surface area contributed by atoms with Gasteiger partial charge in [0.2, 0.25) is 0 Å². The van der Waals surface area contributed by atoms with Gasteiger partial charge in [-0.2, -0.15) is 0 Å². The van der Waals surface area contributed by atoms with Crippen LogP contribution in [0.15, 0.2) is 41.0 Å². The lowest BCUT2D eigenvalue weighted by Crippen LogP contribution is -2.13. The first-order valence-corrected chi connectivity index (χ1v) is 6.24. The van der Waals surface area contributed by atoms with Gasteiger partial charge in [0.05, 0.1) is 18.4 Å². The molecule has 0 saturated carbocycles. The maximum Gasteiger partial charge on any atom is 0.338 e. The van der Waals surface area contributed by atoms with E-state index in [4.69, 9.17) is 9.15 Å². The number of anilines is 1. The molecule has 0 fully saturated rings. The van der Waals surface area contributed by atoms with Gasteiger partial charge in [-0.15, -0.1) is 0 Å². The van der Waals surface area contributed by atoms with E-state index in [0.717, 1.165) is 5.56 Å². The Morgan fingerprint density at radius 2 is 2.10 bits per heavy atom. The third-order valence-corrected chi connectivity index (χ3v) is 2.74. The molecule has 2 rings (SSSR count). The van der Waals surface area contributed by atoms with Gasteiger partial charge in [-0.25, -0.2) is 4.79 Å². The molecule has 0 aliphatic carbocycles. The molecule has 1 heterocycles. The Labute approximate surface area is 116 Å². The lowest BCUT2D eigenvalue weighted by Gasteiger charge is -2.09. The van der Waals surface area contributed by atoms with E-state index < -0.39 is 5.97 Å². The molecule has 0 aliphatic rings. The van der Waals surface area contributed by atoms with Crippen LogP contribution in [0.1, 0.15) is 33.4 Å².